The zero-order valence-electron chi connectivity index (χ0n) is 14.8. The predicted octanol–water partition coefficient (Wildman–Crippen LogP) is 3.28. The van der Waals surface area contributed by atoms with Crippen molar-refractivity contribution in [1.29, 1.82) is 0 Å². The van der Waals surface area contributed by atoms with Gasteiger partial charge in [-0.15, -0.1) is 0 Å². The van der Waals surface area contributed by atoms with Gasteiger partial charge in [0, 0.05) is 5.56 Å². The van der Waals surface area contributed by atoms with Crippen LogP contribution in [0.5, 0.6) is 0 Å². The maximum absolute atomic E-state index is 9.22. The fourth-order valence-electron chi connectivity index (χ4n) is 2.29. The van der Waals surface area contributed by atoms with E-state index in [0.717, 1.165) is 11.6 Å². The molecule has 0 aliphatic heterocycles. The Labute approximate surface area is 145 Å². The van der Waals surface area contributed by atoms with E-state index >= 15 is 0 Å². The van der Waals surface area contributed by atoms with Gasteiger partial charge in [0.15, 0.2) is 0 Å². The summed E-state index contributed by atoms with van der Waals surface area (Å²) >= 11 is 0. The van der Waals surface area contributed by atoms with Crippen molar-refractivity contribution in [3.8, 4) is 0 Å². The standard InChI is InChI=1S/C17H22N.CH4O4S/c1-17(2,15-11-7-5-8-12-15)18(3,4)16-13-9-6-10-14-16;1-5-6(2,3)4/h5-14H,1-4H3;1H3,(H,2,3,4)/q+1;/p-1. The first-order valence-corrected chi connectivity index (χ1v) is 8.82. The summed E-state index contributed by atoms with van der Waals surface area (Å²) in [6, 6.07) is 21.4. The lowest BCUT2D eigenvalue weighted by Gasteiger charge is -2.44. The molecule has 0 saturated heterocycles. The first-order chi connectivity index (χ1) is 11.0. The molecule has 132 valence electrons. The fraction of sp³-hybridized carbons (Fsp3) is 0.333. The predicted molar refractivity (Wildman–Crippen MR) is 96.3 cm³/mol. The van der Waals surface area contributed by atoms with Crippen LogP contribution in [-0.2, 0) is 20.1 Å². The van der Waals surface area contributed by atoms with Gasteiger partial charge in [0.25, 0.3) is 0 Å². The third kappa shape index (κ3) is 5.14. The van der Waals surface area contributed by atoms with Gasteiger partial charge in [0.2, 0.25) is 10.4 Å². The van der Waals surface area contributed by atoms with Crippen molar-refractivity contribution < 1.29 is 17.2 Å². The van der Waals surface area contributed by atoms with Crippen molar-refractivity contribution in [3.05, 3.63) is 66.2 Å². The summed E-state index contributed by atoms with van der Waals surface area (Å²) < 4.78 is 31.9. The Bertz CT molecular complexity index is 677. The molecular formula is C18H25NO4S. The summed E-state index contributed by atoms with van der Waals surface area (Å²) in [6.07, 6.45) is 0. The van der Waals surface area contributed by atoms with E-state index in [9.17, 15) is 13.0 Å². The number of benzene rings is 2. The topological polar surface area (TPSA) is 66.4 Å². The first-order valence-electron chi connectivity index (χ1n) is 7.49. The Morgan fingerprint density at radius 3 is 1.67 bits per heavy atom. The van der Waals surface area contributed by atoms with Crippen molar-refractivity contribution in [3.63, 3.8) is 0 Å². The summed E-state index contributed by atoms with van der Waals surface area (Å²) in [4.78, 5) is 0. The minimum Gasteiger partial charge on any atom is -0.726 e. The molecule has 2 rings (SSSR count). The Morgan fingerprint density at radius 1 is 0.917 bits per heavy atom. The molecule has 0 bridgehead atoms. The summed E-state index contributed by atoms with van der Waals surface area (Å²) in [5.74, 6) is 0. The summed E-state index contributed by atoms with van der Waals surface area (Å²) in [5.41, 5.74) is 2.72. The Balaban J connectivity index is 0.000000413. The number of rotatable bonds is 4. The van der Waals surface area contributed by atoms with Crippen LogP contribution in [0.25, 0.3) is 0 Å². The highest BCUT2D eigenvalue weighted by molar-refractivity contribution is 7.80. The molecule has 2 aromatic rings. The van der Waals surface area contributed by atoms with E-state index in [1.54, 1.807) is 0 Å². The highest BCUT2D eigenvalue weighted by Crippen LogP contribution is 2.36. The Hall–Kier alpha value is -1.73. The minimum atomic E-state index is -4.41. The van der Waals surface area contributed by atoms with E-state index in [0.29, 0.717) is 0 Å². The summed E-state index contributed by atoms with van der Waals surface area (Å²) in [7, 11) is 0.928. The normalized spacial score (nSPS) is 12.2. The second-order valence-corrected chi connectivity index (χ2v) is 7.44. The average molecular weight is 351 g/mol. The van der Waals surface area contributed by atoms with Crippen LogP contribution < -0.4 is 4.48 Å². The second kappa shape index (κ2) is 7.90. The van der Waals surface area contributed by atoms with Crippen LogP contribution >= 0.6 is 0 Å². The molecule has 0 aromatic heterocycles. The van der Waals surface area contributed by atoms with Crippen LogP contribution in [0.1, 0.15) is 19.4 Å². The summed E-state index contributed by atoms with van der Waals surface area (Å²) in [5, 5.41) is 0. The van der Waals surface area contributed by atoms with Crippen molar-refractivity contribution in [2.75, 3.05) is 21.2 Å². The Kier molecular flexibility index (Phi) is 6.68. The van der Waals surface area contributed by atoms with Gasteiger partial charge in [-0.05, 0) is 26.0 Å². The molecule has 0 amide bonds. The molecule has 0 heterocycles. The molecule has 0 aliphatic carbocycles. The SMILES string of the molecule is CC(C)(c1ccccc1)[N+](C)(C)c1ccccc1.COS(=O)(=O)[O-]. The maximum Gasteiger partial charge on any atom is 0.217 e. The lowest BCUT2D eigenvalue weighted by molar-refractivity contribution is 0.198. The summed E-state index contributed by atoms with van der Waals surface area (Å²) in [6.45, 7) is 4.60. The van der Waals surface area contributed by atoms with E-state index in [-0.39, 0.29) is 5.54 Å². The number of hydrogen-bond donors (Lipinski definition) is 0. The van der Waals surface area contributed by atoms with Crippen LogP contribution in [0.2, 0.25) is 0 Å². The molecular weight excluding hydrogens is 326 g/mol. The smallest absolute Gasteiger partial charge is 0.217 e. The molecule has 0 radical (unpaired) electrons. The lowest BCUT2D eigenvalue weighted by Crippen LogP contribution is -2.55. The second-order valence-electron chi connectivity index (χ2n) is 6.29. The highest BCUT2D eigenvalue weighted by Gasteiger charge is 2.39. The van der Waals surface area contributed by atoms with E-state index in [1.165, 1.54) is 11.3 Å². The van der Waals surface area contributed by atoms with Gasteiger partial charge in [0.1, 0.15) is 11.2 Å². The monoisotopic (exact) mass is 351 g/mol. The highest BCUT2D eigenvalue weighted by atomic mass is 32.3. The van der Waals surface area contributed by atoms with Crippen LogP contribution in [0.15, 0.2) is 60.7 Å². The molecule has 24 heavy (non-hydrogen) atoms. The number of para-hydroxylation sites is 1. The van der Waals surface area contributed by atoms with Crippen LogP contribution in [-0.4, -0.2) is 34.2 Å². The Morgan fingerprint density at radius 2 is 1.29 bits per heavy atom. The molecule has 0 unspecified atom stereocenters. The van der Waals surface area contributed by atoms with E-state index < -0.39 is 10.4 Å². The van der Waals surface area contributed by atoms with Crippen molar-refractivity contribution in [2.24, 2.45) is 0 Å². The van der Waals surface area contributed by atoms with Gasteiger partial charge < -0.3 is 4.55 Å². The molecule has 2 aromatic carbocycles. The number of hydrogen-bond acceptors (Lipinski definition) is 4. The molecule has 0 atom stereocenters. The molecule has 0 saturated carbocycles. The quantitative estimate of drug-likeness (QED) is 0.482. The molecule has 5 nitrogen and oxygen atoms in total. The minimum absolute atomic E-state index is 0.0304. The molecule has 0 fully saturated rings. The molecule has 0 N–H and O–H groups in total. The zero-order valence-corrected chi connectivity index (χ0v) is 15.6. The molecule has 0 aliphatic rings. The van der Waals surface area contributed by atoms with Crippen LogP contribution in [0.3, 0.4) is 0 Å². The fourth-order valence-corrected chi connectivity index (χ4v) is 2.29. The van der Waals surface area contributed by atoms with Crippen molar-refractivity contribution >= 4 is 16.1 Å². The number of nitrogens with zero attached hydrogens (tertiary/aromatic N) is 1. The lowest BCUT2D eigenvalue weighted by atomic mass is 9.89. The van der Waals surface area contributed by atoms with Gasteiger partial charge in [-0.1, -0.05) is 48.5 Å². The molecule has 6 heteroatoms. The molecule has 0 spiro atoms. The van der Waals surface area contributed by atoms with E-state index in [2.05, 4.69) is 92.8 Å². The van der Waals surface area contributed by atoms with Gasteiger partial charge in [-0.25, -0.2) is 8.42 Å². The van der Waals surface area contributed by atoms with Gasteiger partial charge in [0.05, 0.1) is 21.2 Å². The van der Waals surface area contributed by atoms with Crippen molar-refractivity contribution in [1.82, 2.24) is 4.48 Å². The maximum atomic E-state index is 9.22. The largest absolute Gasteiger partial charge is 0.726 e. The third-order valence-corrected chi connectivity index (χ3v) is 4.89. The first kappa shape index (κ1) is 20.3. The van der Waals surface area contributed by atoms with E-state index in [4.69, 9.17) is 0 Å². The van der Waals surface area contributed by atoms with Gasteiger partial charge >= 0.3 is 0 Å². The third-order valence-electron chi connectivity index (χ3n) is 4.48. The van der Waals surface area contributed by atoms with Crippen LogP contribution in [0, 0.1) is 0 Å². The van der Waals surface area contributed by atoms with Gasteiger partial charge in [-0.3, -0.25) is 8.67 Å². The zero-order chi connectivity index (χ0) is 18.4. The van der Waals surface area contributed by atoms with Crippen LogP contribution in [0.4, 0.5) is 5.69 Å². The van der Waals surface area contributed by atoms with Gasteiger partial charge in [-0.2, -0.15) is 0 Å². The average Bonchev–Trinajstić information content (AvgIpc) is 2.56. The number of quaternary nitrogens is 1. The van der Waals surface area contributed by atoms with Crippen molar-refractivity contribution in [2.45, 2.75) is 19.4 Å². The van der Waals surface area contributed by atoms with E-state index in [1.807, 2.05) is 0 Å².